The Hall–Kier alpha value is -1.04. The van der Waals surface area contributed by atoms with Gasteiger partial charge in [0.1, 0.15) is 6.54 Å². The monoisotopic (exact) mass is 240 g/mol. The summed E-state index contributed by atoms with van der Waals surface area (Å²) >= 11 is 1.77. The fraction of sp³-hybridized carbons (Fsp3) is 0.700. The van der Waals surface area contributed by atoms with E-state index in [1.54, 1.807) is 18.7 Å². The SMILES string of the molecule is Cc1noc(CN=C2NC(C)CC(C)S2)n1. The second-order valence-electron chi connectivity index (χ2n) is 4.07. The van der Waals surface area contributed by atoms with Crippen molar-refractivity contribution in [2.75, 3.05) is 0 Å². The van der Waals surface area contributed by atoms with Crippen LogP contribution in [0.3, 0.4) is 0 Å². The molecule has 1 aromatic rings. The summed E-state index contributed by atoms with van der Waals surface area (Å²) in [5.74, 6) is 1.22. The van der Waals surface area contributed by atoms with Crippen LogP contribution in [-0.2, 0) is 6.54 Å². The molecule has 6 heteroatoms. The van der Waals surface area contributed by atoms with Gasteiger partial charge in [-0.2, -0.15) is 4.98 Å². The topological polar surface area (TPSA) is 63.3 Å². The summed E-state index contributed by atoms with van der Waals surface area (Å²) in [6.45, 7) is 6.64. The van der Waals surface area contributed by atoms with Crippen molar-refractivity contribution in [2.24, 2.45) is 4.99 Å². The largest absolute Gasteiger partial charge is 0.362 e. The number of thioether (sulfide) groups is 1. The van der Waals surface area contributed by atoms with Crippen molar-refractivity contribution in [3.05, 3.63) is 11.7 Å². The van der Waals surface area contributed by atoms with Crippen LogP contribution in [0.2, 0.25) is 0 Å². The minimum Gasteiger partial charge on any atom is -0.362 e. The maximum atomic E-state index is 5.00. The number of nitrogens with zero attached hydrogens (tertiary/aromatic N) is 3. The first-order chi connectivity index (χ1) is 7.63. The van der Waals surface area contributed by atoms with Crippen molar-refractivity contribution in [1.82, 2.24) is 15.5 Å². The van der Waals surface area contributed by atoms with Crippen LogP contribution >= 0.6 is 11.8 Å². The van der Waals surface area contributed by atoms with E-state index in [0.717, 1.165) is 5.17 Å². The van der Waals surface area contributed by atoms with E-state index >= 15 is 0 Å². The Labute approximate surface area is 99.1 Å². The smallest absolute Gasteiger partial charge is 0.248 e. The molecule has 16 heavy (non-hydrogen) atoms. The highest BCUT2D eigenvalue weighted by atomic mass is 32.2. The molecule has 2 heterocycles. The van der Waals surface area contributed by atoms with Gasteiger partial charge in [0.2, 0.25) is 5.89 Å². The van der Waals surface area contributed by atoms with Gasteiger partial charge >= 0.3 is 0 Å². The Morgan fingerprint density at radius 3 is 3.00 bits per heavy atom. The number of amidine groups is 1. The van der Waals surface area contributed by atoms with Crippen LogP contribution in [0, 0.1) is 6.92 Å². The van der Waals surface area contributed by atoms with Crippen molar-refractivity contribution in [2.45, 2.75) is 45.0 Å². The molecule has 2 rings (SSSR count). The quantitative estimate of drug-likeness (QED) is 0.853. The standard InChI is InChI=1S/C10H16N4OS/c1-6-4-7(2)16-10(12-6)11-5-9-13-8(3)14-15-9/h6-7H,4-5H2,1-3H3,(H,11,12). The number of aliphatic imine (C=N–C) groups is 1. The molecule has 1 aliphatic rings. The van der Waals surface area contributed by atoms with Crippen molar-refractivity contribution in [3.8, 4) is 0 Å². The summed E-state index contributed by atoms with van der Waals surface area (Å²) in [5.41, 5.74) is 0. The number of aromatic nitrogens is 2. The summed E-state index contributed by atoms with van der Waals surface area (Å²) < 4.78 is 5.00. The van der Waals surface area contributed by atoms with Crippen molar-refractivity contribution in [3.63, 3.8) is 0 Å². The lowest BCUT2D eigenvalue weighted by molar-refractivity contribution is 0.376. The molecule has 0 spiro atoms. The molecule has 0 aliphatic carbocycles. The van der Waals surface area contributed by atoms with E-state index in [1.807, 2.05) is 0 Å². The molecular formula is C10H16N4OS. The number of hydrogen-bond acceptors (Lipinski definition) is 5. The lowest BCUT2D eigenvalue weighted by Crippen LogP contribution is -2.38. The van der Waals surface area contributed by atoms with Crippen molar-refractivity contribution < 1.29 is 4.52 Å². The van der Waals surface area contributed by atoms with E-state index < -0.39 is 0 Å². The first-order valence-electron chi connectivity index (χ1n) is 5.40. The van der Waals surface area contributed by atoms with Gasteiger partial charge in [0.25, 0.3) is 0 Å². The maximum absolute atomic E-state index is 5.00. The molecule has 0 bridgehead atoms. The van der Waals surface area contributed by atoms with Crippen LogP contribution < -0.4 is 5.32 Å². The molecule has 1 N–H and O–H groups in total. The molecule has 0 radical (unpaired) electrons. The van der Waals surface area contributed by atoms with E-state index in [4.69, 9.17) is 4.52 Å². The zero-order chi connectivity index (χ0) is 11.5. The number of rotatable bonds is 2. The van der Waals surface area contributed by atoms with Gasteiger partial charge in [-0.3, -0.25) is 4.99 Å². The summed E-state index contributed by atoms with van der Waals surface area (Å²) in [6.07, 6.45) is 1.17. The van der Waals surface area contributed by atoms with Gasteiger partial charge in [-0.05, 0) is 20.3 Å². The zero-order valence-corrected chi connectivity index (χ0v) is 10.5. The highest BCUT2D eigenvalue weighted by Gasteiger charge is 2.19. The molecule has 1 fully saturated rings. The summed E-state index contributed by atoms with van der Waals surface area (Å²) in [6, 6.07) is 0.486. The molecule has 1 aliphatic heterocycles. The minimum atomic E-state index is 0.454. The Morgan fingerprint density at radius 1 is 1.56 bits per heavy atom. The normalized spacial score (nSPS) is 28.1. The van der Waals surface area contributed by atoms with Crippen LogP contribution in [0.5, 0.6) is 0 Å². The van der Waals surface area contributed by atoms with Crippen LogP contribution in [-0.4, -0.2) is 26.6 Å². The van der Waals surface area contributed by atoms with Gasteiger partial charge < -0.3 is 9.84 Å². The Bertz CT molecular complexity index is 378. The maximum Gasteiger partial charge on any atom is 0.248 e. The molecule has 88 valence electrons. The fourth-order valence-corrected chi connectivity index (χ4v) is 2.84. The first kappa shape index (κ1) is 11.4. The molecule has 5 nitrogen and oxygen atoms in total. The summed E-state index contributed by atoms with van der Waals surface area (Å²) in [5, 5.41) is 8.66. The number of aryl methyl sites for hydroxylation is 1. The van der Waals surface area contributed by atoms with Gasteiger partial charge in [0.15, 0.2) is 11.0 Å². The van der Waals surface area contributed by atoms with E-state index in [2.05, 4.69) is 34.3 Å². The van der Waals surface area contributed by atoms with Crippen LogP contribution in [0.25, 0.3) is 0 Å². The van der Waals surface area contributed by atoms with Gasteiger partial charge in [-0.25, -0.2) is 0 Å². The molecule has 1 aromatic heterocycles. The lowest BCUT2D eigenvalue weighted by Gasteiger charge is -2.26. The molecule has 1 saturated heterocycles. The van der Waals surface area contributed by atoms with E-state index in [1.165, 1.54) is 6.42 Å². The fourth-order valence-electron chi connectivity index (χ4n) is 1.67. The predicted molar refractivity (Wildman–Crippen MR) is 64.4 cm³/mol. The van der Waals surface area contributed by atoms with Crippen molar-refractivity contribution in [1.29, 1.82) is 0 Å². The number of hydrogen-bond donors (Lipinski definition) is 1. The zero-order valence-electron chi connectivity index (χ0n) is 9.73. The molecule has 0 saturated carbocycles. The highest BCUT2D eigenvalue weighted by molar-refractivity contribution is 8.14. The average Bonchev–Trinajstić information content (AvgIpc) is 2.60. The second kappa shape index (κ2) is 4.86. The summed E-state index contributed by atoms with van der Waals surface area (Å²) in [4.78, 5) is 8.55. The van der Waals surface area contributed by atoms with Crippen LogP contribution in [0.15, 0.2) is 9.52 Å². The predicted octanol–water partition coefficient (Wildman–Crippen LogP) is 1.74. The highest BCUT2D eigenvalue weighted by Crippen LogP contribution is 2.22. The third-order valence-electron chi connectivity index (χ3n) is 2.30. The first-order valence-corrected chi connectivity index (χ1v) is 6.28. The molecule has 2 atom stereocenters. The molecular weight excluding hydrogens is 224 g/mol. The average molecular weight is 240 g/mol. The van der Waals surface area contributed by atoms with Gasteiger partial charge in [0, 0.05) is 11.3 Å². The van der Waals surface area contributed by atoms with E-state index in [0.29, 0.717) is 29.6 Å². The van der Waals surface area contributed by atoms with E-state index in [9.17, 15) is 0 Å². The van der Waals surface area contributed by atoms with Crippen molar-refractivity contribution >= 4 is 16.9 Å². The Balaban J connectivity index is 1.96. The Kier molecular flexibility index (Phi) is 3.48. The van der Waals surface area contributed by atoms with Gasteiger partial charge in [0.05, 0.1) is 0 Å². The third-order valence-corrected chi connectivity index (χ3v) is 3.36. The Morgan fingerprint density at radius 2 is 2.38 bits per heavy atom. The third kappa shape index (κ3) is 2.98. The lowest BCUT2D eigenvalue weighted by atomic mass is 10.2. The summed E-state index contributed by atoms with van der Waals surface area (Å²) in [7, 11) is 0. The second-order valence-corrected chi connectivity index (χ2v) is 5.49. The van der Waals surface area contributed by atoms with E-state index in [-0.39, 0.29) is 0 Å². The van der Waals surface area contributed by atoms with Crippen LogP contribution in [0.4, 0.5) is 0 Å². The van der Waals surface area contributed by atoms with Gasteiger partial charge in [-0.1, -0.05) is 23.8 Å². The molecule has 0 aromatic carbocycles. The van der Waals surface area contributed by atoms with Crippen LogP contribution in [0.1, 0.15) is 32.0 Å². The minimum absolute atomic E-state index is 0.454. The molecule has 2 unspecified atom stereocenters. The number of nitrogens with one attached hydrogen (secondary N) is 1. The molecule has 0 amide bonds. The van der Waals surface area contributed by atoms with Gasteiger partial charge in [-0.15, -0.1) is 0 Å².